The van der Waals surface area contributed by atoms with Crippen molar-refractivity contribution < 1.29 is 24.0 Å². The third-order valence-corrected chi connectivity index (χ3v) is 5.70. The van der Waals surface area contributed by atoms with E-state index in [1.54, 1.807) is 30.3 Å². The average molecular weight is 472 g/mol. The van der Waals surface area contributed by atoms with Crippen LogP contribution in [-0.4, -0.2) is 70.6 Å². The van der Waals surface area contributed by atoms with Gasteiger partial charge in [0.2, 0.25) is 11.8 Å². The minimum absolute atomic E-state index is 0.0688. The molecule has 2 saturated heterocycles. The van der Waals surface area contributed by atoms with Gasteiger partial charge in [-0.05, 0) is 37.8 Å². The van der Waals surface area contributed by atoms with Crippen LogP contribution in [0.3, 0.4) is 0 Å². The second-order valence-corrected chi connectivity index (χ2v) is 8.07. The number of urea groups is 1. The van der Waals surface area contributed by atoms with Crippen LogP contribution in [0, 0.1) is 0 Å². The van der Waals surface area contributed by atoms with Crippen molar-refractivity contribution in [1.29, 1.82) is 0 Å². The van der Waals surface area contributed by atoms with Crippen molar-refractivity contribution in [1.82, 2.24) is 26.1 Å². The fraction of sp³-hybridized carbons (Fsp3) is 0.455. The van der Waals surface area contributed by atoms with Crippen LogP contribution in [-0.2, 0) is 14.4 Å². The van der Waals surface area contributed by atoms with E-state index >= 15 is 0 Å². The van der Waals surface area contributed by atoms with Crippen LogP contribution >= 0.6 is 0 Å². The van der Waals surface area contributed by atoms with Gasteiger partial charge in [-0.3, -0.25) is 24.2 Å². The van der Waals surface area contributed by atoms with E-state index in [-0.39, 0.29) is 18.7 Å². The molecule has 2 aliphatic rings. The van der Waals surface area contributed by atoms with E-state index in [0.29, 0.717) is 31.4 Å². The van der Waals surface area contributed by atoms with Gasteiger partial charge >= 0.3 is 6.03 Å². The monoisotopic (exact) mass is 471 g/mol. The van der Waals surface area contributed by atoms with Gasteiger partial charge in [0.1, 0.15) is 12.1 Å². The Bertz CT molecular complexity index is 968. The first-order valence-corrected chi connectivity index (χ1v) is 11.2. The molecule has 2 aliphatic heterocycles. The lowest BCUT2D eigenvalue weighted by Crippen LogP contribution is -2.64. The molecule has 12 nitrogen and oxygen atoms in total. The summed E-state index contributed by atoms with van der Waals surface area (Å²) in [6.45, 7) is 2.12. The zero-order valence-corrected chi connectivity index (χ0v) is 18.9. The largest absolute Gasteiger partial charge is 0.350 e. The van der Waals surface area contributed by atoms with Crippen molar-refractivity contribution >= 4 is 35.9 Å². The summed E-state index contributed by atoms with van der Waals surface area (Å²) in [7, 11) is 0. The standard InChI is InChI=1S/C22H29N7O5/c1-2-15(13-24-27-22(23)34)25-20(32)17-9-6-12-28-18(30)11-10-16(21(33)29(17)28)26-19(31)14-7-4-3-5-8-14/h3-5,7-8,13,15-17H,2,6,9-12H2,1H3,(H,25,32)(H,26,31)(H3,23,27,34)/b24-13+. The van der Waals surface area contributed by atoms with E-state index < -0.39 is 41.9 Å². The first-order valence-electron chi connectivity index (χ1n) is 11.2. The van der Waals surface area contributed by atoms with Crippen LogP contribution in [0.5, 0.6) is 0 Å². The highest BCUT2D eigenvalue weighted by Gasteiger charge is 2.44. The number of hydrazine groups is 1. The van der Waals surface area contributed by atoms with Gasteiger partial charge in [0.15, 0.2) is 0 Å². The quantitative estimate of drug-likeness (QED) is 0.320. The number of hydrazone groups is 1. The van der Waals surface area contributed by atoms with Gasteiger partial charge in [-0.15, -0.1) is 0 Å². The normalized spacial score (nSPS) is 21.4. The fourth-order valence-corrected chi connectivity index (χ4v) is 3.95. The van der Waals surface area contributed by atoms with E-state index in [1.165, 1.54) is 16.2 Å². The molecule has 12 heteroatoms. The van der Waals surface area contributed by atoms with Crippen LogP contribution < -0.4 is 21.8 Å². The van der Waals surface area contributed by atoms with Crippen molar-refractivity contribution in [2.45, 2.75) is 57.2 Å². The summed E-state index contributed by atoms with van der Waals surface area (Å²) in [6, 6.07) is 5.23. The molecular weight excluding hydrogens is 442 g/mol. The Hall–Kier alpha value is -3.96. The van der Waals surface area contributed by atoms with E-state index in [9.17, 15) is 24.0 Å². The molecule has 34 heavy (non-hydrogen) atoms. The number of hydrogen-bond donors (Lipinski definition) is 4. The topological polar surface area (TPSA) is 166 Å². The van der Waals surface area contributed by atoms with Crippen LogP contribution in [0.1, 0.15) is 49.4 Å². The SMILES string of the molecule is CCC(/C=N/NC(N)=O)NC(=O)C1CCCN2C(=O)CCC(NC(=O)c3ccccc3)C(=O)N12. The fourth-order valence-electron chi connectivity index (χ4n) is 3.95. The van der Waals surface area contributed by atoms with Gasteiger partial charge < -0.3 is 16.4 Å². The molecule has 182 valence electrons. The maximum absolute atomic E-state index is 13.5. The molecule has 2 fully saturated rings. The van der Waals surface area contributed by atoms with Crippen LogP contribution in [0.4, 0.5) is 4.79 Å². The number of benzene rings is 1. The van der Waals surface area contributed by atoms with Crippen molar-refractivity contribution in [2.24, 2.45) is 10.8 Å². The highest BCUT2D eigenvalue weighted by atomic mass is 16.2. The Morgan fingerprint density at radius 2 is 1.94 bits per heavy atom. The molecule has 0 saturated carbocycles. The number of carbonyl (C=O) groups is 5. The van der Waals surface area contributed by atoms with Crippen molar-refractivity contribution in [3.05, 3.63) is 35.9 Å². The second-order valence-electron chi connectivity index (χ2n) is 8.07. The number of rotatable bonds is 7. The molecule has 3 atom stereocenters. The van der Waals surface area contributed by atoms with Gasteiger partial charge in [0, 0.05) is 24.7 Å². The number of amides is 6. The summed E-state index contributed by atoms with van der Waals surface area (Å²) in [5, 5.41) is 11.7. The van der Waals surface area contributed by atoms with Crippen molar-refractivity contribution in [2.75, 3.05) is 6.54 Å². The van der Waals surface area contributed by atoms with E-state index in [1.807, 2.05) is 6.92 Å². The Morgan fingerprint density at radius 3 is 2.62 bits per heavy atom. The van der Waals surface area contributed by atoms with E-state index in [0.717, 1.165) is 0 Å². The second kappa shape index (κ2) is 11.3. The summed E-state index contributed by atoms with van der Waals surface area (Å²) in [5.41, 5.74) is 7.44. The predicted octanol–water partition coefficient (Wildman–Crippen LogP) is -0.138. The molecule has 3 rings (SSSR count). The summed E-state index contributed by atoms with van der Waals surface area (Å²) in [5.74, 6) is -1.67. The lowest BCUT2D eigenvalue weighted by Gasteiger charge is -2.43. The third kappa shape index (κ3) is 5.88. The van der Waals surface area contributed by atoms with Gasteiger partial charge in [-0.1, -0.05) is 25.1 Å². The number of carbonyl (C=O) groups excluding carboxylic acids is 5. The van der Waals surface area contributed by atoms with Crippen LogP contribution in [0.2, 0.25) is 0 Å². The summed E-state index contributed by atoms with van der Waals surface area (Å²) in [4.78, 5) is 62.8. The zero-order valence-electron chi connectivity index (χ0n) is 18.9. The van der Waals surface area contributed by atoms with Crippen molar-refractivity contribution in [3.63, 3.8) is 0 Å². The molecule has 2 heterocycles. The van der Waals surface area contributed by atoms with Crippen molar-refractivity contribution in [3.8, 4) is 0 Å². The predicted molar refractivity (Wildman–Crippen MR) is 122 cm³/mol. The summed E-state index contributed by atoms with van der Waals surface area (Å²) < 4.78 is 0. The third-order valence-electron chi connectivity index (χ3n) is 5.70. The Labute approximate surface area is 196 Å². The smallest absolute Gasteiger partial charge is 0.332 e. The molecule has 6 amide bonds. The molecular formula is C22H29N7O5. The minimum atomic E-state index is -0.946. The average Bonchev–Trinajstić information content (AvgIpc) is 2.95. The van der Waals surface area contributed by atoms with Gasteiger partial charge in [0.05, 0.1) is 6.04 Å². The minimum Gasteiger partial charge on any atom is -0.350 e. The lowest BCUT2D eigenvalue weighted by molar-refractivity contribution is -0.176. The molecule has 0 bridgehead atoms. The number of hydrogen-bond acceptors (Lipinski definition) is 6. The molecule has 1 aromatic rings. The first kappa shape index (κ1) is 24.7. The summed E-state index contributed by atoms with van der Waals surface area (Å²) >= 11 is 0. The number of nitrogens with one attached hydrogen (secondary N) is 3. The Morgan fingerprint density at radius 1 is 1.21 bits per heavy atom. The lowest BCUT2D eigenvalue weighted by atomic mass is 10.0. The maximum atomic E-state index is 13.5. The van der Waals surface area contributed by atoms with Crippen LogP contribution in [0.25, 0.3) is 0 Å². The molecule has 0 aliphatic carbocycles. The zero-order chi connectivity index (χ0) is 24.7. The highest BCUT2D eigenvalue weighted by Crippen LogP contribution is 2.25. The maximum Gasteiger partial charge on any atom is 0.332 e. The Kier molecular flexibility index (Phi) is 8.17. The van der Waals surface area contributed by atoms with Gasteiger partial charge in [0.25, 0.3) is 11.8 Å². The van der Waals surface area contributed by atoms with E-state index in [4.69, 9.17) is 5.73 Å². The molecule has 0 radical (unpaired) electrons. The number of nitrogens with two attached hydrogens (primary N) is 1. The highest BCUT2D eigenvalue weighted by molar-refractivity contribution is 5.99. The Balaban J connectivity index is 1.77. The molecule has 3 unspecified atom stereocenters. The molecule has 0 aromatic heterocycles. The number of primary amides is 1. The number of fused-ring (bicyclic) bond motifs is 1. The molecule has 5 N–H and O–H groups in total. The molecule has 0 spiro atoms. The van der Waals surface area contributed by atoms with Crippen LogP contribution in [0.15, 0.2) is 35.4 Å². The summed E-state index contributed by atoms with van der Waals surface area (Å²) in [6.07, 6.45) is 2.91. The molecule has 1 aromatic carbocycles. The first-order chi connectivity index (χ1) is 16.3. The van der Waals surface area contributed by atoms with E-state index in [2.05, 4.69) is 21.2 Å². The number of nitrogens with zero attached hydrogens (tertiary/aromatic N) is 3. The van der Waals surface area contributed by atoms with Gasteiger partial charge in [-0.25, -0.2) is 15.2 Å². The van der Waals surface area contributed by atoms with Gasteiger partial charge in [-0.2, -0.15) is 5.10 Å².